The van der Waals surface area contributed by atoms with Gasteiger partial charge in [-0.25, -0.2) is 13.4 Å². The Balaban J connectivity index is 1.97. The predicted molar refractivity (Wildman–Crippen MR) is 112 cm³/mol. The van der Waals surface area contributed by atoms with E-state index in [0.717, 1.165) is 6.26 Å². The highest BCUT2D eigenvalue weighted by Crippen LogP contribution is 2.25. The highest BCUT2D eigenvalue weighted by Gasteiger charge is 2.16. The van der Waals surface area contributed by atoms with Crippen molar-refractivity contribution in [3.05, 3.63) is 95.6 Å². The van der Waals surface area contributed by atoms with E-state index >= 15 is 0 Å². The molecule has 0 bridgehead atoms. The minimum atomic E-state index is -3.38. The molecule has 0 aliphatic rings. The van der Waals surface area contributed by atoms with Gasteiger partial charge >= 0.3 is 0 Å². The van der Waals surface area contributed by atoms with E-state index in [2.05, 4.69) is 9.97 Å². The average molecular weight is 421 g/mol. The first kappa shape index (κ1) is 19.7. The number of nitrogens with zero attached hydrogens (tertiary/aromatic N) is 3. The lowest BCUT2D eigenvalue weighted by molar-refractivity contribution is 0.587. The van der Waals surface area contributed by atoms with E-state index < -0.39 is 21.3 Å². The monoisotopic (exact) mass is 421 g/mol. The minimum absolute atomic E-state index is 0.0711. The largest absolute Gasteiger partial charge is 0.283 e. The highest BCUT2D eigenvalue weighted by atomic mass is 32.2. The Labute approximate surface area is 172 Å². The maximum absolute atomic E-state index is 14.4. The van der Waals surface area contributed by atoms with Crippen LogP contribution in [0.5, 0.6) is 0 Å². The zero-order chi connectivity index (χ0) is 21.3. The molecule has 3 heterocycles. The van der Waals surface area contributed by atoms with Crippen LogP contribution in [0.25, 0.3) is 28.1 Å². The Kier molecular flexibility index (Phi) is 5.01. The van der Waals surface area contributed by atoms with Gasteiger partial charge < -0.3 is 0 Å². The van der Waals surface area contributed by atoms with Crippen LogP contribution in [0.3, 0.4) is 0 Å². The van der Waals surface area contributed by atoms with Crippen molar-refractivity contribution >= 4 is 9.84 Å². The van der Waals surface area contributed by atoms with E-state index in [1.165, 1.54) is 41.1 Å². The second-order valence-electron chi connectivity index (χ2n) is 6.64. The smallest absolute Gasteiger partial charge is 0.263 e. The third-order valence-electron chi connectivity index (χ3n) is 4.57. The fourth-order valence-corrected chi connectivity index (χ4v) is 3.71. The third kappa shape index (κ3) is 3.77. The van der Waals surface area contributed by atoms with Crippen LogP contribution in [0, 0.1) is 5.95 Å². The second-order valence-corrected chi connectivity index (χ2v) is 8.66. The number of benzene rings is 1. The van der Waals surface area contributed by atoms with Gasteiger partial charge in [-0.15, -0.1) is 0 Å². The molecule has 4 aromatic rings. The van der Waals surface area contributed by atoms with Crippen molar-refractivity contribution in [2.75, 3.05) is 6.26 Å². The van der Waals surface area contributed by atoms with Gasteiger partial charge in [-0.05, 0) is 54.6 Å². The molecule has 30 heavy (non-hydrogen) atoms. The molecule has 0 aliphatic carbocycles. The topological polar surface area (TPSA) is 81.9 Å². The highest BCUT2D eigenvalue weighted by molar-refractivity contribution is 7.90. The van der Waals surface area contributed by atoms with Crippen LogP contribution in [0.1, 0.15) is 0 Å². The summed E-state index contributed by atoms with van der Waals surface area (Å²) in [6, 6.07) is 15.9. The zero-order valence-corrected chi connectivity index (χ0v) is 16.7. The van der Waals surface area contributed by atoms with E-state index in [-0.39, 0.29) is 16.0 Å². The van der Waals surface area contributed by atoms with Crippen molar-refractivity contribution in [1.29, 1.82) is 0 Å². The molecule has 0 amide bonds. The third-order valence-corrected chi connectivity index (χ3v) is 5.70. The van der Waals surface area contributed by atoms with Gasteiger partial charge in [-0.3, -0.25) is 14.3 Å². The van der Waals surface area contributed by atoms with Crippen LogP contribution in [0.2, 0.25) is 0 Å². The maximum Gasteiger partial charge on any atom is 0.263 e. The average Bonchev–Trinajstić information content (AvgIpc) is 2.75. The number of rotatable bonds is 4. The number of hydrogen-bond donors (Lipinski definition) is 0. The molecule has 0 atom stereocenters. The van der Waals surface area contributed by atoms with E-state index in [1.54, 1.807) is 36.7 Å². The number of pyridine rings is 3. The normalized spacial score (nSPS) is 11.4. The molecule has 0 unspecified atom stereocenters. The molecule has 3 aromatic heterocycles. The summed E-state index contributed by atoms with van der Waals surface area (Å²) < 4.78 is 39.2. The summed E-state index contributed by atoms with van der Waals surface area (Å²) in [6.45, 7) is 0. The van der Waals surface area contributed by atoms with Crippen LogP contribution < -0.4 is 5.56 Å². The molecular formula is C22H16FN3O3S. The van der Waals surface area contributed by atoms with Crippen LogP contribution >= 0.6 is 0 Å². The second kappa shape index (κ2) is 7.64. The van der Waals surface area contributed by atoms with Gasteiger partial charge in [0, 0.05) is 41.7 Å². The molecule has 0 N–H and O–H groups in total. The molecule has 6 nitrogen and oxygen atoms in total. The molecule has 0 aliphatic heterocycles. The van der Waals surface area contributed by atoms with Crippen LogP contribution in [-0.4, -0.2) is 29.2 Å². The van der Waals surface area contributed by atoms with Crippen molar-refractivity contribution in [1.82, 2.24) is 14.5 Å². The van der Waals surface area contributed by atoms with Gasteiger partial charge in [0.1, 0.15) is 0 Å². The molecule has 8 heteroatoms. The molecule has 0 saturated carbocycles. The Morgan fingerprint density at radius 1 is 0.900 bits per heavy atom. The Morgan fingerprint density at radius 3 is 2.27 bits per heavy atom. The van der Waals surface area contributed by atoms with Gasteiger partial charge in [0.25, 0.3) is 5.56 Å². The molecule has 1 aromatic carbocycles. The van der Waals surface area contributed by atoms with E-state index in [9.17, 15) is 17.6 Å². The molecule has 4 rings (SSSR count). The lowest BCUT2D eigenvalue weighted by Gasteiger charge is -2.13. The summed E-state index contributed by atoms with van der Waals surface area (Å²) in [5.74, 6) is -0.758. The van der Waals surface area contributed by atoms with Crippen molar-refractivity contribution in [3.8, 4) is 28.1 Å². The lowest BCUT2D eigenvalue weighted by Crippen LogP contribution is -2.20. The Bertz CT molecular complexity index is 1380. The predicted octanol–water partition coefficient (Wildman–Crippen LogP) is 3.50. The summed E-state index contributed by atoms with van der Waals surface area (Å²) in [4.78, 5) is 21.3. The standard InChI is InChI=1S/C22H16FN3O3S/c1-30(28,29)17-9-7-16(8-10-17)26-14-15(20-6-2-3-11-24-20)13-19(22(26)27)18-5-4-12-25-21(18)23/h2-14H,1H3. The van der Waals surface area contributed by atoms with E-state index in [4.69, 9.17) is 0 Å². The number of aromatic nitrogens is 3. The summed E-state index contributed by atoms with van der Waals surface area (Å²) in [5, 5.41) is 0. The van der Waals surface area contributed by atoms with Crippen molar-refractivity contribution in [2.24, 2.45) is 0 Å². The van der Waals surface area contributed by atoms with Crippen molar-refractivity contribution in [3.63, 3.8) is 0 Å². The maximum atomic E-state index is 14.4. The number of halogens is 1. The van der Waals surface area contributed by atoms with Gasteiger partial charge in [-0.1, -0.05) is 6.07 Å². The summed E-state index contributed by atoms with van der Waals surface area (Å²) in [7, 11) is -3.38. The minimum Gasteiger partial charge on any atom is -0.283 e. The van der Waals surface area contributed by atoms with Gasteiger partial charge in [0.05, 0.1) is 16.2 Å². The fraction of sp³-hybridized carbons (Fsp3) is 0.0455. The molecular weight excluding hydrogens is 405 g/mol. The SMILES string of the molecule is CS(=O)(=O)c1ccc(-n2cc(-c3ccccn3)cc(-c3cccnc3F)c2=O)cc1. The summed E-state index contributed by atoms with van der Waals surface area (Å²) in [6.07, 6.45) is 5.64. The van der Waals surface area contributed by atoms with Crippen LogP contribution in [0.4, 0.5) is 4.39 Å². The summed E-state index contributed by atoms with van der Waals surface area (Å²) in [5.41, 5.74) is 1.37. The number of hydrogen-bond acceptors (Lipinski definition) is 5. The number of sulfone groups is 1. The molecule has 150 valence electrons. The molecule has 0 fully saturated rings. The van der Waals surface area contributed by atoms with Gasteiger partial charge in [0.2, 0.25) is 5.95 Å². The van der Waals surface area contributed by atoms with E-state index in [1.807, 2.05) is 6.07 Å². The van der Waals surface area contributed by atoms with Crippen LogP contribution in [-0.2, 0) is 9.84 Å². The zero-order valence-electron chi connectivity index (χ0n) is 15.9. The first-order chi connectivity index (χ1) is 14.3. The summed E-state index contributed by atoms with van der Waals surface area (Å²) >= 11 is 0. The Morgan fingerprint density at radius 2 is 1.63 bits per heavy atom. The van der Waals surface area contributed by atoms with Crippen molar-refractivity contribution < 1.29 is 12.8 Å². The van der Waals surface area contributed by atoms with Crippen molar-refractivity contribution in [2.45, 2.75) is 4.90 Å². The fourth-order valence-electron chi connectivity index (χ4n) is 3.08. The first-order valence-corrected chi connectivity index (χ1v) is 10.8. The molecule has 0 saturated heterocycles. The molecule has 0 spiro atoms. The van der Waals surface area contributed by atoms with Crippen LogP contribution in [0.15, 0.2) is 88.9 Å². The molecule has 0 radical (unpaired) electrons. The quantitative estimate of drug-likeness (QED) is 0.471. The van der Waals surface area contributed by atoms with Gasteiger partial charge in [0.15, 0.2) is 9.84 Å². The lowest BCUT2D eigenvalue weighted by atomic mass is 10.0. The Hall–Kier alpha value is -3.65. The first-order valence-electron chi connectivity index (χ1n) is 8.94. The van der Waals surface area contributed by atoms with E-state index in [0.29, 0.717) is 16.9 Å². The van der Waals surface area contributed by atoms with Gasteiger partial charge in [-0.2, -0.15) is 4.39 Å².